The number of rotatable bonds is 6. The number of methoxy groups -OCH3 is 1. The van der Waals surface area contributed by atoms with Crippen LogP contribution >= 0.6 is 0 Å². The van der Waals surface area contributed by atoms with Gasteiger partial charge in [-0.25, -0.2) is 13.1 Å². The first kappa shape index (κ1) is 17.9. The first-order valence-corrected chi connectivity index (χ1v) is 8.83. The summed E-state index contributed by atoms with van der Waals surface area (Å²) in [6, 6.07) is 17.7. The molecule has 0 aromatic heterocycles. The molecule has 0 saturated carbocycles. The molecule has 0 saturated heterocycles. The lowest BCUT2D eigenvalue weighted by Crippen LogP contribution is -2.45. The minimum atomic E-state index is -3.94. The Morgan fingerprint density at radius 2 is 1.58 bits per heavy atom. The Morgan fingerprint density at radius 1 is 1.04 bits per heavy atom. The minimum Gasteiger partial charge on any atom is -0.364 e. The highest BCUT2D eigenvalue weighted by Gasteiger charge is 2.37. The van der Waals surface area contributed by atoms with E-state index in [1.54, 1.807) is 54.6 Å². The highest BCUT2D eigenvalue weighted by molar-refractivity contribution is 7.93. The van der Waals surface area contributed by atoms with E-state index in [2.05, 4.69) is 0 Å². The first-order valence-electron chi connectivity index (χ1n) is 7.28. The number of hydrogen-bond acceptors (Lipinski definition) is 4. The SMILES string of the molecule is COC(C)(C(=O)NS(=O)(=O)/C=C/c1ccccc1)c1ccccc1. The van der Waals surface area contributed by atoms with Gasteiger partial charge in [-0.3, -0.25) is 4.79 Å². The van der Waals surface area contributed by atoms with Crippen molar-refractivity contribution < 1.29 is 17.9 Å². The van der Waals surface area contributed by atoms with E-state index in [4.69, 9.17) is 4.74 Å². The number of carbonyl (C=O) groups is 1. The quantitative estimate of drug-likeness (QED) is 0.874. The molecule has 0 aliphatic rings. The van der Waals surface area contributed by atoms with Gasteiger partial charge < -0.3 is 4.74 Å². The van der Waals surface area contributed by atoms with Crippen molar-refractivity contribution in [1.82, 2.24) is 4.72 Å². The highest BCUT2D eigenvalue weighted by atomic mass is 32.2. The molecule has 24 heavy (non-hydrogen) atoms. The molecule has 0 spiro atoms. The Morgan fingerprint density at radius 3 is 2.12 bits per heavy atom. The van der Waals surface area contributed by atoms with E-state index in [9.17, 15) is 13.2 Å². The van der Waals surface area contributed by atoms with Crippen molar-refractivity contribution >= 4 is 22.0 Å². The number of sulfonamides is 1. The maximum absolute atomic E-state index is 12.5. The van der Waals surface area contributed by atoms with Crippen LogP contribution in [0.4, 0.5) is 0 Å². The van der Waals surface area contributed by atoms with Crippen LogP contribution in [0.2, 0.25) is 0 Å². The number of nitrogens with one attached hydrogen (secondary N) is 1. The Labute approximate surface area is 142 Å². The van der Waals surface area contributed by atoms with Crippen LogP contribution in [0.5, 0.6) is 0 Å². The van der Waals surface area contributed by atoms with Crippen molar-refractivity contribution in [2.45, 2.75) is 12.5 Å². The van der Waals surface area contributed by atoms with Gasteiger partial charge in [-0.05, 0) is 24.1 Å². The molecule has 0 heterocycles. The Bertz CT molecular complexity index is 817. The lowest BCUT2D eigenvalue weighted by Gasteiger charge is -2.26. The molecule has 1 unspecified atom stereocenters. The fourth-order valence-electron chi connectivity index (χ4n) is 2.09. The molecule has 0 fully saturated rings. The summed E-state index contributed by atoms with van der Waals surface area (Å²) in [6.45, 7) is 1.52. The van der Waals surface area contributed by atoms with Crippen molar-refractivity contribution in [3.63, 3.8) is 0 Å². The van der Waals surface area contributed by atoms with E-state index in [1.165, 1.54) is 20.1 Å². The number of amides is 1. The summed E-state index contributed by atoms with van der Waals surface area (Å²) in [6.07, 6.45) is 1.42. The molecule has 0 aliphatic carbocycles. The van der Waals surface area contributed by atoms with Crippen LogP contribution < -0.4 is 4.72 Å². The standard InChI is InChI=1S/C18H19NO4S/c1-18(23-2,16-11-7-4-8-12-16)17(20)19-24(21,22)14-13-15-9-5-3-6-10-15/h3-14H,1-2H3,(H,19,20)/b14-13+. The zero-order valence-corrected chi connectivity index (χ0v) is 14.3. The van der Waals surface area contributed by atoms with E-state index in [0.717, 1.165) is 5.41 Å². The summed E-state index contributed by atoms with van der Waals surface area (Å²) < 4.78 is 31.6. The van der Waals surface area contributed by atoms with Gasteiger partial charge in [0.25, 0.3) is 15.9 Å². The van der Waals surface area contributed by atoms with Gasteiger partial charge in [0, 0.05) is 7.11 Å². The van der Waals surface area contributed by atoms with Crippen LogP contribution in [0, 0.1) is 0 Å². The summed E-state index contributed by atoms with van der Waals surface area (Å²) in [5, 5.41) is 0.960. The number of carbonyl (C=O) groups excluding carboxylic acids is 1. The third kappa shape index (κ3) is 4.31. The molecule has 0 aliphatic heterocycles. The summed E-state index contributed by atoms with van der Waals surface area (Å²) in [7, 11) is -2.58. The summed E-state index contributed by atoms with van der Waals surface area (Å²) in [5.74, 6) is -0.756. The van der Waals surface area contributed by atoms with Crippen LogP contribution in [0.25, 0.3) is 6.08 Å². The molecule has 2 aromatic carbocycles. The van der Waals surface area contributed by atoms with Gasteiger partial charge in [0.2, 0.25) is 0 Å². The van der Waals surface area contributed by atoms with Gasteiger partial charge in [0.15, 0.2) is 5.60 Å². The van der Waals surface area contributed by atoms with Crippen LogP contribution in [0.3, 0.4) is 0 Å². The van der Waals surface area contributed by atoms with Crippen molar-refractivity contribution in [2.24, 2.45) is 0 Å². The van der Waals surface area contributed by atoms with Gasteiger partial charge >= 0.3 is 0 Å². The van der Waals surface area contributed by atoms with E-state index < -0.39 is 21.5 Å². The number of hydrogen-bond donors (Lipinski definition) is 1. The van der Waals surface area contributed by atoms with Gasteiger partial charge in [-0.1, -0.05) is 60.7 Å². The second kappa shape index (κ2) is 7.42. The van der Waals surface area contributed by atoms with Crippen LogP contribution in [-0.2, 0) is 25.2 Å². The molecule has 0 bridgehead atoms. The molecule has 126 valence electrons. The lowest BCUT2D eigenvalue weighted by atomic mass is 9.95. The Balaban J connectivity index is 2.19. The van der Waals surface area contributed by atoms with Gasteiger partial charge in [0.05, 0.1) is 5.41 Å². The van der Waals surface area contributed by atoms with Gasteiger partial charge in [-0.15, -0.1) is 0 Å². The molecular formula is C18H19NO4S. The second-order valence-electron chi connectivity index (χ2n) is 5.29. The van der Waals surface area contributed by atoms with Crippen LogP contribution in [-0.4, -0.2) is 21.4 Å². The van der Waals surface area contributed by atoms with Gasteiger partial charge in [-0.2, -0.15) is 0 Å². The smallest absolute Gasteiger partial charge is 0.270 e. The molecule has 1 amide bonds. The third-order valence-corrected chi connectivity index (χ3v) is 4.60. The highest BCUT2D eigenvalue weighted by Crippen LogP contribution is 2.25. The average molecular weight is 345 g/mol. The molecule has 2 rings (SSSR count). The largest absolute Gasteiger partial charge is 0.364 e. The zero-order chi connectivity index (χ0) is 17.6. The van der Waals surface area contributed by atoms with E-state index >= 15 is 0 Å². The number of ether oxygens (including phenoxy) is 1. The third-order valence-electron chi connectivity index (χ3n) is 3.64. The second-order valence-corrected chi connectivity index (χ2v) is 6.86. The molecule has 1 N–H and O–H groups in total. The fourth-order valence-corrected chi connectivity index (χ4v) is 2.95. The fraction of sp³-hybridized carbons (Fsp3) is 0.167. The van der Waals surface area contributed by atoms with Crippen LogP contribution in [0.15, 0.2) is 66.1 Å². The maximum Gasteiger partial charge on any atom is 0.270 e. The Hall–Kier alpha value is -2.44. The van der Waals surface area contributed by atoms with E-state index in [-0.39, 0.29) is 0 Å². The first-order chi connectivity index (χ1) is 11.4. The average Bonchev–Trinajstić information content (AvgIpc) is 2.60. The summed E-state index contributed by atoms with van der Waals surface area (Å²) in [4.78, 5) is 12.5. The monoisotopic (exact) mass is 345 g/mol. The van der Waals surface area contributed by atoms with Crippen molar-refractivity contribution in [3.8, 4) is 0 Å². The van der Waals surface area contributed by atoms with E-state index in [0.29, 0.717) is 11.1 Å². The molecule has 5 nitrogen and oxygen atoms in total. The Kier molecular flexibility index (Phi) is 5.54. The minimum absolute atomic E-state index is 0.562. The summed E-state index contributed by atoms with van der Waals surface area (Å²) in [5.41, 5.74) is -0.130. The van der Waals surface area contributed by atoms with Crippen molar-refractivity contribution in [1.29, 1.82) is 0 Å². The lowest BCUT2D eigenvalue weighted by molar-refractivity contribution is -0.140. The molecule has 1 atom stereocenters. The molecule has 6 heteroatoms. The van der Waals surface area contributed by atoms with Crippen LogP contribution in [0.1, 0.15) is 18.1 Å². The van der Waals surface area contributed by atoms with Crippen molar-refractivity contribution in [3.05, 3.63) is 77.2 Å². The van der Waals surface area contributed by atoms with Crippen molar-refractivity contribution in [2.75, 3.05) is 7.11 Å². The predicted molar refractivity (Wildman–Crippen MR) is 93.3 cm³/mol. The predicted octanol–water partition coefficient (Wildman–Crippen LogP) is 2.67. The molecule has 2 aromatic rings. The number of benzene rings is 2. The maximum atomic E-state index is 12.5. The van der Waals surface area contributed by atoms with Gasteiger partial charge in [0.1, 0.15) is 0 Å². The zero-order valence-electron chi connectivity index (χ0n) is 13.5. The normalized spacial score (nSPS) is 14.2. The summed E-state index contributed by atoms with van der Waals surface area (Å²) >= 11 is 0. The molecule has 0 radical (unpaired) electrons. The van der Waals surface area contributed by atoms with E-state index in [1.807, 2.05) is 10.8 Å². The molecular weight excluding hydrogens is 326 g/mol. The topological polar surface area (TPSA) is 72.5 Å².